The van der Waals surface area contributed by atoms with Gasteiger partial charge in [0.25, 0.3) is 0 Å². The van der Waals surface area contributed by atoms with Crippen molar-refractivity contribution in [1.29, 1.82) is 0 Å². The molecule has 2 aromatic heterocycles. The maximum Gasteiger partial charge on any atom is 0.242 e. The molecule has 0 saturated carbocycles. The summed E-state index contributed by atoms with van der Waals surface area (Å²) in [6.07, 6.45) is 2.23. The van der Waals surface area contributed by atoms with E-state index in [0.717, 1.165) is 60.5 Å². The first kappa shape index (κ1) is 23.5. The third kappa shape index (κ3) is 4.83. The minimum absolute atomic E-state index is 0. The quantitative estimate of drug-likeness (QED) is 0.824. The molecular weight excluding hydrogens is 389 g/mol. The van der Waals surface area contributed by atoms with Crippen LogP contribution < -0.4 is 10.1 Å². The first-order valence-electron chi connectivity index (χ1n) is 8.88. The summed E-state index contributed by atoms with van der Waals surface area (Å²) in [5.41, 5.74) is 4.01. The highest BCUT2D eigenvalue weighted by Gasteiger charge is 2.20. The van der Waals surface area contributed by atoms with E-state index in [1.807, 2.05) is 18.9 Å². The second-order valence-corrected chi connectivity index (χ2v) is 6.62. The largest absolute Gasteiger partial charge is 0.479 e. The number of nitrogens with one attached hydrogen (secondary N) is 1. The fraction of sp³-hybridized carbons (Fsp3) is 0.611. The van der Waals surface area contributed by atoms with E-state index < -0.39 is 0 Å². The third-order valence-electron chi connectivity index (χ3n) is 5.00. The van der Waals surface area contributed by atoms with Crippen LogP contribution in [0.15, 0.2) is 0 Å². The second kappa shape index (κ2) is 10.1. The first-order valence-corrected chi connectivity index (χ1v) is 8.88. The van der Waals surface area contributed by atoms with Crippen molar-refractivity contribution in [2.45, 2.75) is 33.1 Å². The molecule has 7 nitrogen and oxygen atoms in total. The van der Waals surface area contributed by atoms with Crippen molar-refractivity contribution in [2.24, 2.45) is 7.05 Å². The summed E-state index contributed by atoms with van der Waals surface area (Å²) in [5.74, 6) is 0.814. The van der Waals surface area contributed by atoms with Gasteiger partial charge < -0.3 is 15.0 Å². The van der Waals surface area contributed by atoms with Crippen molar-refractivity contribution in [1.82, 2.24) is 25.0 Å². The van der Waals surface area contributed by atoms with Gasteiger partial charge in [-0.25, -0.2) is 9.67 Å². The molecule has 1 aliphatic heterocycles. The summed E-state index contributed by atoms with van der Waals surface area (Å²) < 4.78 is 7.15. The number of hydrogen-bond donors (Lipinski definition) is 1. The fourth-order valence-electron chi connectivity index (χ4n) is 3.59. The van der Waals surface area contributed by atoms with E-state index in [0.29, 0.717) is 18.7 Å². The Morgan fingerprint density at radius 3 is 2.67 bits per heavy atom. The summed E-state index contributed by atoms with van der Waals surface area (Å²) >= 11 is 0. The molecule has 0 bridgehead atoms. The number of aromatic nitrogens is 3. The van der Waals surface area contributed by atoms with Gasteiger partial charge in [0.1, 0.15) is 0 Å². The Morgan fingerprint density at radius 1 is 1.22 bits per heavy atom. The molecule has 0 atom stereocenters. The second-order valence-electron chi connectivity index (χ2n) is 6.62. The molecule has 1 aliphatic rings. The number of pyridine rings is 1. The number of ether oxygens (including phenoxy) is 1. The third-order valence-corrected chi connectivity index (χ3v) is 5.00. The average Bonchev–Trinajstić information content (AvgIpc) is 2.78. The molecule has 3 heterocycles. The molecule has 0 aliphatic carbocycles. The van der Waals surface area contributed by atoms with Crippen LogP contribution in [-0.2, 0) is 18.3 Å². The molecule has 1 fully saturated rings. The van der Waals surface area contributed by atoms with E-state index in [1.165, 1.54) is 0 Å². The molecule has 0 aromatic carbocycles. The topological polar surface area (TPSA) is 72.3 Å². The Labute approximate surface area is 172 Å². The Bertz CT molecular complexity index is 786. The molecule has 2 aromatic rings. The molecule has 3 rings (SSSR count). The summed E-state index contributed by atoms with van der Waals surface area (Å²) in [4.78, 5) is 19.2. The van der Waals surface area contributed by atoms with Gasteiger partial charge in [-0.3, -0.25) is 4.79 Å². The first-order chi connectivity index (χ1) is 12.0. The Morgan fingerprint density at radius 2 is 1.96 bits per heavy atom. The number of fused-ring (bicyclic) bond motifs is 1. The maximum absolute atomic E-state index is 12.6. The number of carbonyl (C=O) groups excluding carboxylic acids is 1. The van der Waals surface area contributed by atoms with Gasteiger partial charge in [-0.2, -0.15) is 0 Å². The Kier molecular flexibility index (Phi) is 8.78. The molecule has 1 N–H and O–H groups in total. The van der Waals surface area contributed by atoms with Crippen LogP contribution >= 0.6 is 24.8 Å². The van der Waals surface area contributed by atoms with Crippen LogP contribution in [0.1, 0.15) is 29.7 Å². The van der Waals surface area contributed by atoms with E-state index in [4.69, 9.17) is 9.72 Å². The zero-order valence-corrected chi connectivity index (χ0v) is 18.0. The van der Waals surface area contributed by atoms with Crippen molar-refractivity contribution >= 4 is 41.8 Å². The highest BCUT2D eigenvalue weighted by molar-refractivity contribution is 5.86. The SMILES string of the molecule is COc1nn(C)c2nc(C)c(CCC(=O)N3CCCNCC3)c(C)c12.Cl.Cl. The predicted octanol–water partition coefficient (Wildman–Crippen LogP) is 2.19. The highest BCUT2D eigenvalue weighted by Crippen LogP contribution is 2.30. The normalized spacial score (nSPS) is 14.3. The monoisotopic (exact) mass is 417 g/mol. The number of aryl methyl sites for hydroxylation is 3. The zero-order chi connectivity index (χ0) is 18.0. The van der Waals surface area contributed by atoms with E-state index >= 15 is 0 Å². The molecule has 152 valence electrons. The lowest BCUT2D eigenvalue weighted by Crippen LogP contribution is -2.34. The standard InChI is InChI=1S/C18H27N5O2.2ClH/c1-12-14(6-7-15(24)23-10-5-8-19-9-11-23)13(2)20-17-16(12)18(25-4)21-22(17)3;;/h19H,5-11H2,1-4H3;2*1H. The smallest absolute Gasteiger partial charge is 0.242 e. The van der Waals surface area contributed by atoms with E-state index in [9.17, 15) is 4.79 Å². The fourth-order valence-corrected chi connectivity index (χ4v) is 3.59. The van der Waals surface area contributed by atoms with Crippen molar-refractivity contribution in [3.63, 3.8) is 0 Å². The number of nitrogens with zero attached hydrogens (tertiary/aromatic N) is 4. The number of rotatable bonds is 4. The lowest BCUT2D eigenvalue weighted by atomic mass is 10.00. The molecule has 1 amide bonds. The maximum atomic E-state index is 12.6. The predicted molar refractivity (Wildman–Crippen MR) is 111 cm³/mol. The number of amides is 1. The lowest BCUT2D eigenvalue weighted by Gasteiger charge is -2.20. The lowest BCUT2D eigenvalue weighted by molar-refractivity contribution is -0.130. The van der Waals surface area contributed by atoms with Gasteiger partial charge in [0.2, 0.25) is 11.8 Å². The van der Waals surface area contributed by atoms with Gasteiger partial charge in [0, 0.05) is 38.8 Å². The van der Waals surface area contributed by atoms with Crippen LogP contribution in [0, 0.1) is 13.8 Å². The van der Waals surface area contributed by atoms with Crippen LogP contribution in [-0.4, -0.2) is 58.9 Å². The summed E-state index contributed by atoms with van der Waals surface area (Å²) in [7, 11) is 3.49. The summed E-state index contributed by atoms with van der Waals surface area (Å²) in [6, 6.07) is 0. The summed E-state index contributed by atoms with van der Waals surface area (Å²) in [5, 5.41) is 8.65. The van der Waals surface area contributed by atoms with Crippen molar-refractivity contribution < 1.29 is 9.53 Å². The minimum Gasteiger partial charge on any atom is -0.479 e. The summed E-state index contributed by atoms with van der Waals surface area (Å²) in [6.45, 7) is 7.58. The van der Waals surface area contributed by atoms with Gasteiger partial charge in [-0.05, 0) is 44.4 Å². The molecule has 9 heteroatoms. The van der Waals surface area contributed by atoms with Crippen LogP contribution in [0.25, 0.3) is 11.0 Å². The van der Waals surface area contributed by atoms with Gasteiger partial charge in [-0.1, -0.05) is 0 Å². The molecule has 0 spiro atoms. The molecule has 27 heavy (non-hydrogen) atoms. The van der Waals surface area contributed by atoms with Crippen molar-refractivity contribution in [2.75, 3.05) is 33.3 Å². The number of methoxy groups -OCH3 is 1. The molecule has 0 radical (unpaired) electrons. The van der Waals surface area contributed by atoms with Crippen LogP contribution in [0.5, 0.6) is 5.88 Å². The molecule has 1 saturated heterocycles. The van der Waals surface area contributed by atoms with Crippen LogP contribution in [0.3, 0.4) is 0 Å². The van der Waals surface area contributed by atoms with Gasteiger partial charge in [-0.15, -0.1) is 29.9 Å². The zero-order valence-electron chi connectivity index (χ0n) is 16.4. The number of halogens is 2. The van der Waals surface area contributed by atoms with E-state index in [2.05, 4.69) is 17.3 Å². The molecule has 0 unspecified atom stereocenters. The van der Waals surface area contributed by atoms with Crippen molar-refractivity contribution in [3.05, 3.63) is 16.8 Å². The van der Waals surface area contributed by atoms with Gasteiger partial charge >= 0.3 is 0 Å². The molecular formula is C18H29Cl2N5O2. The van der Waals surface area contributed by atoms with Gasteiger partial charge in [0.05, 0.1) is 12.5 Å². The minimum atomic E-state index is 0. The van der Waals surface area contributed by atoms with Crippen LogP contribution in [0.2, 0.25) is 0 Å². The number of hydrogen-bond acceptors (Lipinski definition) is 5. The van der Waals surface area contributed by atoms with E-state index in [1.54, 1.807) is 11.8 Å². The van der Waals surface area contributed by atoms with Crippen LogP contribution in [0.4, 0.5) is 0 Å². The number of carbonyl (C=O) groups is 1. The Balaban J connectivity index is 0.00000182. The highest BCUT2D eigenvalue weighted by atomic mass is 35.5. The average molecular weight is 418 g/mol. The van der Waals surface area contributed by atoms with Gasteiger partial charge in [0.15, 0.2) is 5.65 Å². The van der Waals surface area contributed by atoms with Crippen molar-refractivity contribution in [3.8, 4) is 5.88 Å². The Hall–Kier alpha value is -1.57. The van der Waals surface area contributed by atoms with E-state index in [-0.39, 0.29) is 30.7 Å².